The number of aromatic nitrogens is 5. The van der Waals surface area contributed by atoms with Gasteiger partial charge in [0.05, 0.1) is 11.2 Å². The molecular formula is C18H24N6O2. The summed E-state index contributed by atoms with van der Waals surface area (Å²) in [5.74, 6) is 2.03. The van der Waals surface area contributed by atoms with Crippen molar-refractivity contribution in [3.05, 3.63) is 23.7 Å². The van der Waals surface area contributed by atoms with Gasteiger partial charge in [-0.15, -0.1) is 10.2 Å². The summed E-state index contributed by atoms with van der Waals surface area (Å²) in [6, 6.07) is 0. The number of hydrogen-bond acceptors (Lipinski definition) is 6. The van der Waals surface area contributed by atoms with Gasteiger partial charge in [-0.25, -0.2) is 4.98 Å². The lowest BCUT2D eigenvalue weighted by Crippen LogP contribution is -2.66. The van der Waals surface area contributed by atoms with Gasteiger partial charge in [0.1, 0.15) is 0 Å². The minimum atomic E-state index is -0.208. The molecule has 1 amide bonds. The maximum Gasteiger partial charge on any atom is 0.289 e. The summed E-state index contributed by atoms with van der Waals surface area (Å²) in [5, 5.41) is 15.8. The van der Waals surface area contributed by atoms with E-state index in [2.05, 4.69) is 25.7 Å². The molecule has 2 heterocycles. The van der Waals surface area contributed by atoms with Gasteiger partial charge in [0.2, 0.25) is 5.76 Å². The molecule has 138 valence electrons. The topological polar surface area (TPSA) is 98.7 Å². The second kappa shape index (κ2) is 5.37. The van der Waals surface area contributed by atoms with Crippen molar-refractivity contribution >= 4 is 5.91 Å². The van der Waals surface area contributed by atoms with Crippen molar-refractivity contribution in [2.24, 2.45) is 11.8 Å². The van der Waals surface area contributed by atoms with E-state index in [9.17, 15) is 4.79 Å². The third-order valence-electron chi connectivity index (χ3n) is 6.53. The Bertz CT molecular complexity index is 828. The molecule has 2 aromatic heterocycles. The van der Waals surface area contributed by atoms with Crippen LogP contribution in [-0.4, -0.2) is 36.6 Å². The Balaban J connectivity index is 1.45. The molecule has 4 saturated carbocycles. The summed E-state index contributed by atoms with van der Waals surface area (Å²) in [7, 11) is 0. The average Bonchev–Trinajstić information content (AvgIpc) is 3.22. The van der Waals surface area contributed by atoms with Crippen molar-refractivity contribution < 1.29 is 9.21 Å². The number of rotatable bonds is 4. The van der Waals surface area contributed by atoms with Gasteiger partial charge in [0.15, 0.2) is 12.2 Å². The number of hydrogen-bond donors (Lipinski definition) is 1. The van der Waals surface area contributed by atoms with Crippen molar-refractivity contribution in [3.8, 4) is 0 Å². The predicted octanol–water partition coefficient (Wildman–Crippen LogP) is 2.01. The standard InChI is InChI=1S/C18H24N6O2/c1-3-14-21-11(2)15(26-14)16(25)22-17-5-12-4-13(6-17)8-18(7-12,9-17)24-20-10-19-23-24/h10,12-13H,3-9H2,1-2H3,(H,22,25). The highest BCUT2D eigenvalue weighted by atomic mass is 16.4. The fourth-order valence-electron chi connectivity index (χ4n) is 6.09. The van der Waals surface area contributed by atoms with Crippen LogP contribution in [0.1, 0.15) is 67.6 Å². The van der Waals surface area contributed by atoms with Crippen LogP contribution >= 0.6 is 0 Å². The first-order valence-electron chi connectivity index (χ1n) is 9.53. The summed E-state index contributed by atoms with van der Waals surface area (Å²) in [6.07, 6.45) is 8.52. The number of nitrogens with zero attached hydrogens (tertiary/aromatic N) is 5. The predicted molar refractivity (Wildman–Crippen MR) is 91.3 cm³/mol. The lowest BCUT2D eigenvalue weighted by molar-refractivity contribution is -0.0812. The molecule has 2 aromatic rings. The van der Waals surface area contributed by atoms with Crippen LogP contribution in [0.5, 0.6) is 0 Å². The van der Waals surface area contributed by atoms with Crippen LogP contribution in [0.25, 0.3) is 0 Å². The van der Waals surface area contributed by atoms with E-state index in [4.69, 9.17) is 4.42 Å². The number of nitrogens with one attached hydrogen (secondary N) is 1. The van der Waals surface area contributed by atoms with E-state index in [0.717, 1.165) is 32.1 Å². The minimum absolute atomic E-state index is 0.112. The van der Waals surface area contributed by atoms with Gasteiger partial charge < -0.3 is 9.73 Å². The average molecular weight is 356 g/mol. The molecule has 0 saturated heterocycles. The third-order valence-corrected chi connectivity index (χ3v) is 6.53. The SMILES string of the molecule is CCc1nc(C)c(C(=O)NC23CC4CC(C2)CC(n2ncnn2)(C4)C3)o1. The number of carbonyl (C=O) groups excluding carboxylic acids is 1. The molecule has 8 nitrogen and oxygen atoms in total. The van der Waals surface area contributed by atoms with Crippen LogP contribution in [0.3, 0.4) is 0 Å². The van der Waals surface area contributed by atoms with E-state index in [1.54, 1.807) is 4.80 Å². The molecule has 0 aliphatic heterocycles. The molecule has 6 rings (SSSR count). The molecule has 4 aliphatic rings. The maximum atomic E-state index is 13.0. The monoisotopic (exact) mass is 356 g/mol. The quantitative estimate of drug-likeness (QED) is 0.900. The Hall–Kier alpha value is -2.25. The molecule has 0 radical (unpaired) electrons. The molecule has 4 fully saturated rings. The molecule has 8 heteroatoms. The van der Waals surface area contributed by atoms with Crippen LogP contribution in [0.2, 0.25) is 0 Å². The number of tetrazole rings is 1. The zero-order valence-corrected chi connectivity index (χ0v) is 15.2. The highest BCUT2D eigenvalue weighted by Crippen LogP contribution is 2.60. The number of aryl methyl sites for hydroxylation is 2. The zero-order chi connectivity index (χ0) is 17.9. The Morgan fingerprint density at radius 2 is 2.12 bits per heavy atom. The maximum absolute atomic E-state index is 13.0. The Kier molecular flexibility index (Phi) is 3.30. The summed E-state index contributed by atoms with van der Waals surface area (Å²) < 4.78 is 5.67. The van der Waals surface area contributed by atoms with Crippen molar-refractivity contribution in [3.63, 3.8) is 0 Å². The lowest BCUT2D eigenvalue weighted by Gasteiger charge is -2.61. The van der Waals surface area contributed by atoms with E-state index in [0.29, 0.717) is 35.6 Å². The third kappa shape index (κ3) is 2.30. The molecule has 2 atom stereocenters. The molecule has 0 aromatic carbocycles. The van der Waals surface area contributed by atoms with Gasteiger partial charge in [-0.1, -0.05) is 6.92 Å². The second-order valence-electron chi connectivity index (χ2n) is 8.52. The molecule has 4 aliphatic carbocycles. The van der Waals surface area contributed by atoms with Crippen molar-refractivity contribution in [2.75, 3.05) is 0 Å². The number of oxazole rings is 1. The molecule has 1 N–H and O–H groups in total. The second-order valence-corrected chi connectivity index (χ2v) is 8.52. The molecule has 26 heavy (non-hydrogen) atoms. The molecule has 4 bridgehead atoms. The first-order valence-corrected chi connectivity index (χ1v) is 9.53. The highest BCUT2D eigenvalue weighted by Gasteiger charge is 2.60. The van der Waals surface area contributed by atoms with E-state index < -0.39 is 0 Å². The van der Waals surface area contributed by atoms with Gasteiger partial charge in [0, 0.05) is 12.0 Å². The highest BCUT2D eigenvalue weighted by molar-refractivity contribution is 5.93. The van der Waals surface area contributed by atoms with Crippen LogP contribution in [0.15, 0.2) is 10.7 Å². The van der Waals surface area contributed by atoms with Crippen molar-refractivity contribution in [2.45, 2.75) is 69.9 Å². The van der Waals surface area contributed by atoms with E-state index in [1.807, 2.05) is 13.8 Å². The largest absolute Gasteiger partial charge is 0.435 e. The van der Waals surface area contributed by atoms with Gasteiger partial charge in [-0.3, -0.25) is 4.79 Å². The lowest BCUT2D eigenvalue weighted by atomic mass is 9.50. The Morgan fingerprint density at radius 3 is 2.73 bits per heavy atom. The summed E-state index contributed by atoms with van der Waals surface area (Å²) in [4.78, 5) is 19.1. The van der Waals surface area contributed by atoms with Crippen LogP contribution in [-0.2, 0) is 12.0 Å². The van der Waals surface area contributed by atoms with Gasteiger partial charge in [-0.2, -0.15) is 4.80 Å². The number of amides is 1. The van der Waals surface area contributed by atoms with Gasteiger partial charge in [-0.05, 0) is 62.5 Å². The fourth-order valence-corrected chi connectivity index (χ4v) is 6.09. The zero-order valence-electron chi connectivity index (χ0n) is 15.2. The van der Waals surface area contributed by atoms with Crippen molar-refractivity contribution in [1.82, 2.24) is 30.5 Å². The summed E-state index contributed by atoms with van der Waals surface area (Å²) in [5.41, 5.74) is 0.344. The first kappa shape index (κ1) is 16.0. The van der Waals surface area contributed by atoms with Crippen molar-refractivity contribution in [1.29, 1.82) is 0 Å². The smallest absolute Gasteiger partial charge is 0.289 e. The van der Waals surface area contributed by atoms with E-state index in [1.165, 1.54) is 12.7 Å². The van der Waals surface area contributed by atoms with Crippen LogP contribution < -0.4 is 5.32 Å². The van der Waals surface area contributed by atoms with Crippen LogP contribution in [0.4, 0.5) is 0 Å². The normalized spacial score (nSPS) is 35.0. The summed E-state index contributed by atoms with van der Waals surface area (Å²) in [6.45, 7) is 3.80. The van der Waals surface area contributed by atoms with Gasteiger partial charge in [0.25, 0.3) is 5.91 Å². The summed E-state index contributed by atoms with van der Waals surface area (Å²) >= 11 is 0. The Morgan fingerprint density at radius 1 is 1.35 bits per heavy atom. The minimum Gasteiger partial charge on any atom is -0.435 e. The molecular weight excluding hydrogens is 332 g/mol. The van der Waals surface area contributed by atoms with Crippen LogP contribution in [0, 0.1) is 18.8 Å². The molecule has 0 spiro atoms. The number of carbonyl (C=O) groups is 1. The Labute approximate surface area is 151 Å². The van der Waals surface area contributed by atoms with Gasteiger partial charge >= 0.3 is 0 Å². The van der Waals surface area contributed by atoms with E-state index >= 15 is 0 Å². The first-order chi connectivity index (χ1) is 12.5. The van der Waals surface area contributed by atoms with E-state index in [-0.39, 0.29) is 17.0 Å². The molecule has 2 unspecified atom stereocenters. The fraction of sp³-hybridized carbons (Fsp3) is 0.722.